The van der Waals surface area contributed by atoms with E-state index in [0.717, 1.165) is 18.3 Å². The van der Waals surface area contributed by atoms with Gasteiger partial charge in [-0.25, -0.2) is 4.79 Å². The van der Waals surface area contributed by atoms with Crippen LogP contribution in [0.5, 0.6) is 0 Å². The summed E-state index contributed by atoms with van der Waals surface area (Å²) in [6.45, 7) is 9.17. The molecule has 6 unspecified atom stereocenters. The summed E-state index contributed by atoms with van der Waals surface area (Å²) in [6.07, 6.45) is 4.50. The zero-order valence-electron chi connectivity index (χ0n) is 12.8. The molecule has 6 atom stereocenters. The molecule has 0 aromatic rings. The lowest BCUT2D eigenvalue weighted by atomic mass is 9.73. The summed E-state index contributed by atoms with van der Waals surface area (Å²) in [4.78, 5) is 11.9. The van der Waals surface area contributed by atoms with Gasteiger partial charge in [0.1, 0.15) is 6.10 Å². The van der Waals surface area contributed by atoms with Crippen molar-refractivity contribution in [2.24, 2.45) is 29.6 Å². The molecule has 0 saturated heterocycles. The molecule has 20 heavy (non-hydrogen) atoms. The standard InChI is InChI=1S/C17H26O3/c1-9(2)16(18)20-15-11-6-5-10-12(11)7-13(15)14(10)8-17(3,4)19/h10-15,19H,1,5-8H2,2-4H3. The summed E-state index contributed by atoms with van der Waals surface area (Å²) in [6, 6.07) is 0. The predicted molar refractivity (Wildman–Crippen MR) is 76.9 cm³/mol. The molecule has 3 saturated carbocycles. The van der Waals surface area contributed by atoms with Crippen molar-refractivity contribution in [3.8, 4) is 0 Å². The molecule has 0 spiro atoms. The molecular weight excluding hydrogens is 252 g/mol. The Morgan fingerprint density at radius 3 is 2.50 bits per heavy atom. The van der Waals surface area contributed by atoms with Gasteiger partial charge in [0.2, 0.25) is 0 Å². The smallest absolute Gasteiger partial charge is 0.333 e. The van der Waals surface area contributed by atoms with Crippen LogP contribution in [0.3, 0.4) is 0 Å². The van der Waals surface area contributed by atoms with E-state index in [1.54, 1.807) is 6.92 Å². The van der Waals surface area contributed by atoms with E-state index in [2.05, 4.69) is 6.58 Å². The molecule has 3 fully saturated rings. The average molecular weight is 278 g/mol. The Morgan fingerprint density at radius 2 is 1.90 bits per heavy atom. The third kappa shape index (κ3) is 2.20. The van der Waals surface area contributed by atoms with Gasteiger partial charge in [-0.3, -0.25) is 0 Å². The normalized spacial score (nSPS) is 42.0. The van der Waals surface area contributed by atoms with Gasteiger partial charge in [0.15, 0.2) is 0 Å². The van der Waals surface area contributed by atoms with Crippen molar-refractivity contribution in [2.45, 2.75) is 58.2 Å². The molecule has 3 heteroatoms. The number of fused-ring (bicyclic) bond motifs is 1. The number of ether oxygens (including phenoxy) is 1. The van der Waals surface area contributed by atoms with Crippen LogP contribution in [-0.4, -0.2) is 22.8 Å². The maximum atomic E-state index is 11.9. The highest BCUT2D eigenvalue weighted by atomic mass is 16.5. The zero-order valence-corrected chi connectivity index (χ0v) is 12.8. The van der Waals surface area contributed by atoms with Crippen LogP contribution in [0.15, 0.2) is 12.2 Å². The van der Waals surface area contributed by atoms with Crippen molar-refractivity contribution in [2.75, 3.05) is 0 Å². The Balaban J connectivity index is 1.77. The van der Waals surface area contributed by atoms with Gasteiger partial charge in [-0.2, -0.15) is 0 Å². The molecule has 3 aliphatic carbocycles. The minimum absolute atomic E-state index is 0.0651. The van der Waals surface area contributed by atoms with E-state index >= 15 is 0 Å². The maximum absolute atomic E-state index is 11.9. The van der Waals surface area contributed by atoms with E-state index in [0.29, 0.717) is 23.3 Å². The highest BCUT2D eigenvalue weighted by molar-refractivity contribution is 5.87. The van der Waals surface area contributed by atoms with Gasteiger partial charge in [0.25, 0.3) is 0 Å². The third-order valence-electron chi connectivity index (χ3n) is 5.75. The second-order valence-electron chi connectivity index (χ2n) is 7.80. The Labute approximate surface area is 121 Å². The van der Waals surface area contributed by atoms with Gasteiger partial charge in [-0.15, -0.1) is 0 Å². The quantitative estimate of drug-likeness (QED) is 0.635. The van der Waals surface area contributed by atoms with Gasteiger partial charge >= 0.3 is 5.97 Å². The number of hydrogen-bond acceptors (Lipinski definition) is 3. The summed E-state index contributed by atoms with van der Waals surface area (Å²) in [5, 5.41) is 10.2. The molecule has 1 N–H and O–H groups in total. The highest BCUT2D eigenvalue weighted by Crippen LogP contribution is 2.64. The van der Waals surface area contributed by atoms with Crippen LogP contribution in [0.1, 0.15) is 46.5 Å². The molecule has 0 aromatic heterocycles. The average Bonchev–Trinajstić information content (AvgIpc) is 2.90. The van der Waals surface area contributed by atoms with E-state index < -0.39 is 5.60 Å². The number of carbonyl (C=O) groups excluding carboxylic acids is 1. The van der Waals surface area contributed by atoms with E-state index in [-0.39, 0.29) is 12.1 Å². The Morgan fingerprint density at radius 1 is 1.25 bits per heavy atom. The first-order chi connectivity index (χ1) is 9.28. The number of hydrogen-bond donors (Lipinski definition) is 1. The summed E-state index contributed by atoms with van der Waals surface area (Å²) in [5.74, 6) is 2.75. The van der Waals surface area contributed by atoms with Crippen LogP contribution in [0.2, 0.25) is 0 Å². The molecule has 3 nitrogen and oxygen atoms in total. The Bertz CT molecular complexity index is 434. The number of carbonyl (C=O) groups is 1. The lowest BCUT2D eigenvalue weighted by molar-refractivity contribution is -0.151. The number of rotatable bonds is 4. The fraction of sp³-hybridized carbons (Fsp3) is 0.824. The monoisotopic (exact) mass is 278 g/mol. The van der Waals surface area contributed by atoms with Crippen molar-refractivity contribution in [1.29, 1.82) is 0 Å². The molecule has 3 rings (SSSR count). The lowest BCUT2D eigenvalue weighted by Gasteiger charge is -2.37. The second-order valence-corrected chi connectivity index (χ2v) is 7.80. The molecule has 0 amide bonds. The molecule has 3 aliphatic rings. The van der Waals surface area contributed by atoms with Gasteiger partial charge in [0.05, 0.1) is 5.60 Å². The van der Waals surface area contributed by atoms with Crippen LogP contribution in [0.4, 0.5) is 0 Å². The molecule has 0 aromatic carbocycles. The Hall–Kier alpha value is -0.830. The molecule has 0 aliphatic heterocycles. The van der Waals surface area contributed by atoms with Crippen LogP contribution >= 0.6 is 0 Å². The fourth-order valence-electron chi connectivity index (χ4n) is 5.20. The predicted octanol–water partition coefficient (Wildman–Crippen LogP) is 2.93. The van der Waals surface area contributed by atoms with Gasteiger partial charge in [-0.05, 0) is 76.0 Å². The van der Waals surface area contributed by atoms with Crippen LogP contribution in [0.25, 0.3) is 0 Å². The summed E-state index contributed by atoms with van der Waals surface area (Å²) >= 11 is 0. The highest BCUT2D eigenvalue weighted by Gasteiger charge is 2.62. The summed E-state index contributed by atoms with van der Waals surface area (Å²) in [7, 11) is 0. The topological polar surface area (TPSA) is 46.5 Å². The first-order valence-electron chi connectivity index (χ1n) is 7.87. The Kier molecular flexibility index (Phi) is 3.24. The van der Waals surface area contributed by atoms with E-state index in [9.17, 15) is 9.90 Å². The van der Waals surface area contributed by atoms with Crippen molar-refractivity contribution in [1.82, 2.24) is 0 Å². The van der Waals surface area contributed by atoms with Crippen molar-refractivity contribution < 1.29 is 14.6 Å². The summed E-state index contributed by atoms with van der Waals surface area (Å²) < 4.78 is 5.76. The first-order valence-corrected chi connectivity index (χ1v) is 7.87. The molecule has 0 radical (unpaired) electrons. The van der Waals surface area contributed by atoms with Crippen molar-refractivity contribution >= 4 is 5.97 Å². The van der Waals surface area contributed by atoms with Crippen LogP contribution in [0, 0.1) is 29.6 Å². The minimum atomic E-state index is -0.629. The summed E-state index contributed by atoms with van der Waals surface area (Å²) in [5.41, 5.74) is -0.141. The van der Waals surface area contributed by atoms with E-state index in [1.807, 2.05) is 13.8 Å². The largest absolute Gasteiger partial charge is 0.458 e. The SMILES string of the molecule is C=C(C)C(=O)OC1C2CCC3C2CC1C3CC(C)(C)O. The second kappa shape index (κ2) is 4.59. The molecule has 0 heterocycles. The van der Waals surface area contributed by atoms with Crippen molar-refractivity contribution in [3.63, 3.8) is 0 Å². The fourth-order valence-corrected chi connectivity index (χ4v) is 5.20. The molecule has 112 valence electrons. The first kappa shape index (κ1) is 14.1. The third-order valence-corrected chi connectivity index (χ3v) is 5.75. The van der Waals surface area contributed by atoms with Crippen molar-refractivity contribution in [3.05, 3.63) is 12.2 Å². The molecule has 2 bridgehead atoms. The van der Waals surface area contributed by atoms with Gasteiger partial charge < -0.3 is 9.84 Å². The zero-order chi connectivity index (χ0) is 14.7. The van der Waals surface area contributed by atoms with Gasteiger partial charge in [-0.1, -0.05) is 6.58 Å². The number of aliphatic hydroxyl groups is 1. The van der Waals surface area contributed by atoms with E-state index in [1.165, 1.54) is 19.3 Å². The van der Waals surface area contributed by atoms with Gasteiger partial charge in [0, 0.05) is 5.57 Å². The molecular formula is C17H26O3. The minimum Gasteiger partial charge on any atom is -0.458 e. The maximum Gasteiger partial charge on any atom is 0.333 e. The van der Waals surface area contributed by atoms with Crippen LogP contribution < -0.4 is 0 Å². The van der Waals surface area contributed by atoms with E-state index in [4.69, 9.17) is 4.74 Å². The number of esters is 1. The lowest BCUT2D eigenvalue weighted by Crippen LogP contribution is -2.39. The van der Waals surface area contributed by atoms with Crippen LogP contribution in [-0.2, 0) is 9.53 Å².